The molecule has 1 unspecified atom stereocenters. The maximum Gasteiger partial charge on any atom is 0.292 e. The number of hydrogen-bond donors (Lipinski definition) is 1. The minimum atomic E-state index is -0.376. The van der Waals surface area contributed by atoms with Crippen molar-refractivity contribution in [2.75, 3.05) is 5.32 Å². The molecule has 18 heavy (non-hydrogen) atoms. The van der Waals surface area contributed by atoms with Crippen LogP contribution in [0.2, 0.25) is 0 Å². The highest BCUT2D eigenvalue weighted by Gasteiger charge is 2.15. The third-order valence-corrected chi connectivity index (χ3v) is 4.30. The molecular weight excluding hydrogens is 316 g/mol. The number of benzene rings is 1. The molecule has 1 atom stereocenters. The maximum absolute atomic E-state index is 10.9. The molecule has 4 nitrogen and oxygen atoms in total. The van der Waals surface area contributed by atoms with Crippen LogP contribution in [0.25, 0.3) is 0 Å². The van der Waals surface area contributed by atoms with Crippen molar-refractivity contribution in [3.8, 4) is 0 Å². The van der Waals surface area contributed by atoms with Gasteiger partial charge in [-0.1, -0.05) is 12.1 Å². The number of halogens is 1. The molecule has 0 amide bonds. The highest BCUT2D eigenvalue weighted by Crippen LogP contribution is 2.32. The molecule has 1 aromatic heterocycles. The van der Waals surface area contributed by atoms with Gasteiger partial charge in [0.2, 0.25) is 0 Å². The van der Waals surface area contributed by atoms with E-state index in [0.29, 0.717) is 5.69 Å². The second-order valence-electron chi connectivity index (χ2n) is 3.78. The first-order valence-corrected chi connectivity index (χ1v) is 6.94. The van der Waals surface area contributed by atoms with Crippen molar-refractivity contribution in [1.82, 2.24) is 0 Å². The average Bonchev–Trinajstić information content (AvgIpc) is 2.76. The van der Waals surface area contributed by atoms with Crippen LogP contribution in [0.1, 0.15) is 17.8 Å². The highest BCUT2D eigenvalue weighted by atomic mass is 79.9. The molecule has 0 spiro atoms. The monoisotopic (exact) mass is 326 g/mol. The van der Waals surface area contributed by atoms with Crippen molar-refractivity contribution in [3.05, 3.63) is 55.2 Å². The summed E-state index contributed by atoms with van der Waals surface area (Å²) >= 11 is 5.02. The Balaban J connectivity index is 2.21. The van der Waals surface area contributed by atoms with E-state index in [1.54, 1.807) is 29.5 Å². The van der Waals surface area contributed by atoms with E-state index < -0.39 is 0 Å². The van der Waals surface area contributed by atoms with Gasteiger partial charge in [0, 0.05) is 10.9 Å². The Kier molecular flexibility index (Phi) is 3.98. The summed E-state index contributed by atoms with van der Waals surface area (Å²) in [4.78, 5) is 11.7. The van der Waals surface area contributed by atoms with Crippen molar-refractivity contribution in [2.45, 2.75) is 13.0 Å². The summed E-state index contributed by atoms with van der Waals surface area (Å²) in [6, 6.07) is 10.7. The van der Waals surface area contributed by atoms with E-state index in [1.807, 2.05) is 19.1 Å². The van der Waals surface area contributed by atoms with E-state index in [2.05, 4.69) is 21.2 Å². The summed E-state index contributed by atoms with van der Waals surface area (Å²) in [7, 11) is 0. The van der Waals surface area contributed by atoms with Gasteiger partial charge in [0.05, 0.1) is 14.8 Å². The van der Waals surface area contributed by atoms with Gasteiger partial charge in [-0.15, -0.1) is 11.3 Å². The molecule has 0 aliphatic heterocycles. The minimum Gasteiger partial charge on any atom is -0.372 e. The van der Waals surface area contributed by atoms with Gasteiger partial charge in [-0.05, 0) is 41.1 Å². The van der Waals surface area contributed by atoms with E-state index in [9.17, 15) is 10.1 Å². The Labute approximate surface area is 117 Å². The van der Waals surface area contributed by atoms with Crippen LogP contribution in [-0.2, 0) is 0 Å². The molecule has 1 heterocycles. The fraction of sp³-hybridized carbons (Fsp3) is 0.167. The van der Waals surface area contributed by atoms with Crippen molar-refractivity contribution in [1.29, 1.82) is 0 Å². The fourth-order valence-corrected chi connectivity index (χ4v) is 3.05. The van der Waals surface area contributed by atoms with Crippen LogP contribution in [0.5, 0.6) is 0 Å². The van der Waals surface area contributed by atoms with Crippen molar-refractivity contribution < 1.29 is 4.92 Å². The summed E-state index contributed by atoms with van der Waals surface area (Å²) in [5.41, 5.74) is 0.638. The van der Waals surface area contributed by atoms with Gasteiger partial charge >= 0.3 is 0 Å². The minimum absolute atomic E-state index is 0.0300. The second kappa shape index (κ2) is 5.49. The molecule has 6 heteroatoms. The summed E-state index contributed by atoms with van der Waals surface area (Å²) < 4.78 is 1.05. The summed E-state index contributed by atoms with van der Waals surface area (Å²) in [5.74, 6) is 0. The van der Waals surface area contributed by atoms with E-state index in [4.69, 9.17) is 0 Å². The first-order valence-electron chi connectivity index (χ1n) is 5.33. The number of rotatable bonds is 4. The number of nitro groups is 1. The summed E-state index contributed by atoms with van der Waals surface area (Å²) in [6.45, 7) is 1.98. The number of thiophene rings is 1. The van der Waals surface area contributed by atoms with Crippen LogP contribution in [0, 0.1) is 10.1 Å². The lowest BCUT2D eigenvalue weighted by Crippen LogP contribution is -2.06. The van der Waals surface area contributed by atoms with Crippen molar-refractivity contribution in [2.24, 2.45) is 0 Å². The zero-order valence-electron chi connectivity index (χ0n) is 9.59. The molecule has 0 fully saturated rings. The van der Waals surface area contributed by atoms with E-state index >= 15 is 0 Å². The summed E-state index contributed by atoms with van der Waals surface area (Å²) in [6.07, 6.45) is 0. The standard InChI is InChI=1S/C12H11BrN2O2S/c1-8(11-6-7-12(13)18-11)14-9-4-2-3-5-10(9)15(16)17/h2-8,14H,1H3. The third-order valence-electron chi connectivity index (χ3n) is 2.49. The van der Waals surface area contributed by atoms with E-state index in [0.717, 1.165) is 8.66 Å². The predicted octanol–water partition coefficient (Wildman–Crippen LogP) is 4.59. The normalized spacial score (nSPS) is 12.1. The molecule has 94 valence electrons. The quantitative estimate of drug-likeness (QED) is 0.660. The average molecular weight is 327 g/mol. The molecule has 1 aromatic carbocycles. The van der Waals surface area contributed by atoms with Gasteiger partial charge < -0.3 is 5.32 Å². The molecule has 1 N–H and O–H groups in total. The molecule has 0 saturated carbocycles. The van der Waals surface area contributed by atoms with Crippen LogP contribution in [-0.4, -0.2) is 4.92 Å². The van der Waals surface area contributed by atoms with Crippen LogP contribution < -0.4 is 5.32 Å². The Morgan fingerprint density at radius 1 is 1.33 bits per heavy atom. The molecule has 0 saturated heterocycles. The molecule has 0 aliphatic carbocycles. The van der Waals surface area contributed by atoms with Gasteiger partial charge in [0.1, 0.15) is 5.69 Å². The second-order valence-corrected chi connectivity index (χ2v) is 6.28. The zero-order valence-corrected chi connectivity index (χ0v) is 12.0. The topological polar surface area (TPSA) is 55.2 Å². The van der Waals surface area contributed by atoms with E-state index in [-0.39, 0.29) is 16.7 Å². The largest absolute Gasteiger partial charge is 0.372 e. The molecule has 0 radical (unpaired) electrons. The zero-order chi connectivity index (χ0) is 13.1. The predicted molar refractivity (Wildman–Crippen MR) is 77.2 cm³/mol. The molecule has 2 rings (SSSR count). The van der Waals surface area contributed by atoms with Gasteiger partial charge in [-0.2, -0.15) is 0 Å². The van der Waals surface area contributed by atoms with Crippen LogP contribution in [0.15, 0.2) is 40.2 Å². The highest BCUT2D eigenvalue weighted by molar-refractivity contribution is 9.11. The number of nitro benzene ring substituents is 1. The summed E-state index contributed by atoms with van der Waals surface area (Å²) in [5, 5.41) is 14.1. The van der Waals surface area contributed by atoms with Crippen molar-refractivity contribution >= 4 is 38.6 Å². The van der Waals surface area contributed by atoms with Gasteiger partial charge in [-0.3, -0.25) is 10.1 Å². The maximum atomic E-state index is 10.9. The Morgan fingerprint density at radius 2 is 2.06 bits per heavy atom. The SMILES string of the molecule is CC(Nc1ccccc1[N+](=O)[O-])c1ccc(Br)s1. The van der Waals surface area contributed by atoms with E-state index in [1.165, 1.54) is 6.07 Å². The first kappa shape index (κ1) is 13.0. The van der Waals surface area contributed by atoms with Gasteiger partial charge in [0.15, 0.2) is 0 Å². The van der Waals surface area contributed by atoms with Crippen LogP contribution in [0.3, 0.4) is 0 Å². The third kappa shape index (κ3) is 2.88. The van der Waals surface area contributed by atoms with Crippen molar-refractivity contribution in [3.63, 3.8) is 0 Å². The van der Waals surface area contributed by atoms with Crippen LogP contribution in [0.4, 0.5) is 11.4 Å². The van der Waals surface area contributed by atoms with Gasteiger partial charge in [-0.25, -0.2) is 0 Å². The van der Waals surface area contributed by atoms with Crippen LogP contribution >= 0.6 is 27.3 Å². The lowest BCUT2D eigenvalue weighted by molar-refractivity contribution is -0.384. The Morgan fingerprint density at radius 3 is 2.67 bits per heavy atom. The smallest absolute Gasteiger partial charge is 0.292 e. The first-order chi connectivity index (χ1) is 8.58. The number of nitrogens with zero attached hydrogens (tertiary/aromatic N) is 1. The van der Waals surface area contributed by atoms with Gasteiger partial charge in [0.25, 0.3) is 5.69 Å². The molecule has 2 aromatic rings. The molecule has 0 aliphatic rings. The number of anilines is 1. The lowest BCUT2D eigenvalue weighted by Gasteiger charge is -2.13. The fourth-order valence-electron chi connectivity index (χ4n) is 1.62. The Bertz CT molecular complexity index is 571. The number of hydrogen-bond acceptors (Lipinski definition) is 4. The molecule has 0 bridgehead atoms. The lowest BCUT2D eigenvalue weighted by atomic mass is 10.2. The number of para-hydroxylation sites is 2. The molecular formula is C12H11BrN2O2S. The number of nitrogens with one attached hydrogen (secondary N) is 1. The Hall–Kier alpha value is -1.40.